The molecule has 4 aliphatic carbocycles. The Morgan fingerprint density at radius 3 is 2.65 bits per heavy atom. The van der Waals surface area contributed by atoms with Gasteiger partial charge >= 0.3 is 0 Å². The van der Waals surface area contributed by atoms with Crippen LogP contribution in [0.5, 0.6) is 0 Å². The van der Waals surface area contributed by atoms with Crippen LogP contribution in [-0.2, 0) is 9.53 Å². The van der Waals surface area contributed by atoms with Crippen LogP contribution in [0.1, 0.15) is 77.2 Å². The Hall–Kier alpha value is -2.91. The third kappa shape index (κ3) is 4.07. The highest BCUT2D eigenvalue weighted by atomic mass is 19.1. The van der Waals surface area contributed by atoms with Crippen LogP contribution in [0.4, 0.5) is 10.1 Å². The number of Topliss-reactive ketones (excluding diaryl/α,β-unsaturated/α-hetero) is 1. The Kier molecular flexibility index (Phi) is 7.15. The van der Waals surface area contributed by atoms with E-state index in [0.717, 1.165) is 51.1 Å². The number of allylic oxidation sites excluding steroid dienone is 4. The molecule has 3 fully saturated rings. The number of hydrogen-bond donors (Lipinski definition) is 1. The van der Waals surface area contributed by atoms with E-state index in [9.17, 15) is 10.0 Å². The minimum Gasteiger partial charge on any atom is -0.411 e. The molecule has 1 saturated heterocycles. The maximum atomic E-state index is 16.0. The summed E-state index contributed by atoms with van der Waals surface area (Å²) in [6, 6.07) is 8.94. The van der Waals surface area contributed by atoms with Gasteiger partial charge in [0.1, 0.15) is 6.17 Å². The zero-order chi connectivity index (χ0) is 28.1. The van der Waals surface area contributed by atoms with Crippen molar-refractivity contribution in [2.24, 2.45) is 27.8 Å². The van der Waals surface area contributed by atoms with Gasteiger partial charge in [-0.25, -0.2) is 4.39 Å². The van der Waals surface area contributed by atoms with Gasteiger partial charge in [0, 0.05) is 31.1 Å². The molecular formula is C34H41FN2O3. The minimum atomic E-state index is -1.10. The number of ether oxygens (including phenoxy) is 1. The molecule has 0 bridgehead atoms. The molecule has 0 radical (unpaired) electrons. The number of hydrogen-bond acceptors (Lipinski definition) is 5. The van der Waals surface area contributed by atoms with Gasteiger partial charge in [0.15, 0.2) is 5.78 Å². The van der Waals surface area contributed by atoms with Crippen molar-refractivity contribution in [2.75, 3.05) is 31.2 Å². The van der Waals surface area contributed by atoms with Crippen molar-refractivity contribution in [2.45, 2.75) is 77.8 Å². The number of rotatable bonds is 4. The highest BCUT2D eigenvalue weighted by molar-refractivity contribution is 5.97. The van der Waals surface area contributed by atoms with Gasteiger partial charge in [-0.15, -0.1) is 5.92 Å². The van der Waals surface area contributed by atoms with Gasteiger partial charge in [-0.1, -0.05) is 42.6 Å². The van der Waals surface area contributed by atoms with Gasteiger partial charge in [-0.05, 0) is 97.6 Å². The fourth-order valence-corrected chi connectivity index (χ4v) is 9.04. The first-order valence-corrected chi connectivity index (χ1v) is 15.1. The van der Waals surface area contributed by atoms with E-state index < -0.39 is 11.6 Å². The summed E-state index contributed by atoms with van der Waals surface area (Å²) in [7, 11) is 0. The minimum absolute atomic E-state index is 0.0719. The van der Waals surface area contributed by atoms with Crippen molar-refractivity contribution in [3.8, 4) is 11.8 Å². The van der Waals surface area contributed by atoms with Crippen LogP contribution in [0.3, 0.4) is 0 Å². The third-order valence-electron chi connectivity index (χ3n) is 10.9. The Morgan fingerprint density at radius 1 is 1.23 bits per heavy atom. The number of carbonyl (C=O) groups is 1. The number of oxime groups is 1. The average molecular weight is 545 g/mol. The molecule has 6 heteroatoms. The van der Waals surface area contributed by atoms with Crippen LogP contribution >= 0.6 is 0 Å². The van der Waals surface area contributed by atoms with Gasteiger partial charge < -0.3 is 14.8 Å². The van der Waals surface area contributed by atoms with Crippen LogP contribution in [0.25, 0.3) is 0 Å². The standard InChI is InChI=1S/C34H41FN2O3/c1-4-13-34(31(38)5-2)14-12-29-27-20-30(35)26-19-23(36-39)8-11-25(26)32(27)28(21-33(29,34)3)22-6-9-24(10-7-22)37-15-17-40-18-16-37/h6-7,9-10,19,27-30,39H,5,8,11-12,14-18,20-21H2,1-3H3/b36-23+/t27-,28+,29-,30?,33-,34+/m0/s1. The summed E-state index contributed by atoms with van der Waals surface area (Å²) in [5.74, 6) is 7.21. The summed E-state index contributed by atoms with van der Waals surface area (Å²) in [6.07, 6.45) is 5.36. The van der Waals surface area contributed by atoms with E-state index in [1.54, 1.807) is 6.08 Å². The molecule has 40 heavy (non-hydrogen) atoms. The quantitative estimate of drug-likeness (QED) is 0.263. The first kappa shape index (κ1) is 27.3. The molecular weight excluding hydrogens is 503 g/mol. The highest BCUT2D eigenvalue weighted by Gasteiger charge is 2.65. The van der Waals surface area contributed by atoms with Crippen molar-refractivity contribution in [3.63, 3.8) is 0 Å². The molecule has 1 aliphatic heterocycles. The lowest BCUT2D eigenvalue weighted by Gasteiger charge is -2.55. The molecule has 1 aromatic rings. The van der Waals surface area contributed by atoms with E-state index >= 15 is 4.39 Å². The maximum Gasteiger partial charge on any atom is 0.151 e. The number of benzene rings is 1. The van der Waals surface area contributed by atoms with Crippen molar-refractivity contribution in [1.82, 2.24) is 0 Å². The van der Waals surface area contributed by atoms with Crippen LogP contribution in [-0.4, -0.2) is 49.2 Å². The summed E-state index contributed by atoms with van der Waals surface area (Å²) in [4.78, 5) is 16.1. The van der Waals surface area contributed by atoms with Crippen molar-refractivity contribution in [3.05, 3.63) is 52.6 Å². The molecule has 1 unspecified atom stereocenters. The molecule has 1 N–H and O–H groups in total. The lowest BCUT2D eigenvalue weighted by molar-refractivity contribution is -0.132. The van der Waals surface area contributed by atoms with Gasteiger partial charge in [0.25, 0.3) is 0 Å². The zero-order valence-corrected chi connectivity index (χ0v) is 24.0. The summed E-state index contributed by atoms with van der Waals surface area (Å²) in [5.41, 5.74) is 5.16. The van der Waals surface area contributed by atoms with Gasteiger partial charge in [0.2, 0.25) is 0 Å². The van der Waals surface area contributed by atoms with Crippen LogP contribution in [0.15, 0.2) is 52.2 Å². The van der Waals surface area contributed by atoms with E-state index in [1.807, 2.05) is 13.8 Å². The second kappa shape index (κ2) is 10.5. The topological polar surface area (TPSA) is 62.1 Å². The Morgan fingerprint density at radius 2 is 1.98 bits per heavy atom. The number of nitrogens with zero attached hydrogens (tertiary/aromatic N) is 2. The van der Waals surface area contributed by atoms with Crippen LogP contribution < -0.4 is 4.90 Å². The maximum absolute atomic E-state index is 16.0. The summed E-state index contributed by atoms with van der Waals surface area (Å²) in [6.45, 7) is 9.34. The van der Waals surface area contributed by atoms with E-state index in [2.05, 4.69) is 53.1 Å². The summed E-state index contributed by atoms with van der Waals surface area (Å²) in [5, 5.41) is 12.9. The molecule has 6 rings (SSSR count). The normalized spacial score (nSPS) is 36.2. The summed E-state index contributed by atoms with van der Waals surface area (Å²) >= 11 is 0. The molecule has 1 heterocycles. The number of carbonyl (C=O) groups excluding carboxylic acids is 1. The molecule has 0 aromatic heterocycles. The molecule has 0 spiro atoms. The Balaban J connectivity index is 1.50. The molecule has 2 saturated carbocycles. The monoisotopic (exact) mass is 544 g/mol. The second-order valence-electron chi connectivity index (χ2n) is 12.5. The van der Waals surface area contributed by atoms with Crippen molar-refractivity contribution in [1.29, 1.82) is 0 Å². The van der Waals surface area contributed by atoms with E-state index in [4.69, 9.17) is 4.74 Å². The molecule has 212 valence electrons. The number of alkyl halides is 1. The second-order valence-corrected chi connectivity index (χ2v) is 12.5. The molecule has 6 atom stereocenters. The molecule has 5 aliphatic rings. The first-order valence-electron chi connectivity index (χ1n) is 15.1. The number of halogens is 1. The van der Waals surface area contributed by atoms with E-state index in [-0.39, 0.29) is 29.0 Å². The predicted octanol–water partition coefficient (Wildman–Crippen LogP) is 6.62. The van der Waals surface area contributed by atoms with E-state index in [0.29, 0.717) is 37.0 Å². The van der Waals surface area contributed by atoms with Crippen molar-refractivity contribution >= 4 is 17.2 Å². The Labute approximate surface area is 237 Å². The van der Waals surface area contributed by atoms with E-state index in [1.165, 1.54) is 16.8 Å². The Bertz CT molecular complexity index is 1330. The number of ketones is 1. The SMILES string of the molecule is CC#C[C@]1(C(=O)CC)CC[C@H]2[C@@H]3CC(F)C4=C/C(=N/O)CCC4=C3[C@@H](c3ccc(N4CCOCC4)cc3)C[C@@]21C. The third-order valence-corrected chi connectivity index (χ3v) is 10.9. The van der Waals surface area contributed by atoms with Gasteiger partial charge in [-0.3, -0.25) is 4.79 Å². The zero-order valence-electron chi connectivity index (χ0n) is 24.0. The average Bonchev–Trinajstić information content (AvgIpc) is 3.29. The smallest absolute Gasteiger partial charge is 0.151 e. The molecule has 1 aromatic carbocycles. The predicted molar refractivity (Wildman–Crippen MR) is 155 cm³/mol. The summed E-state index contributed by atoms with van der Waals surface area (Å²) < 4.78 is 21.5. The fraction of sp³-hybridized carbons (Fsp3) is 0.588. The number of morpholine rings is 1. The van der Waals surface area contributed by atoms with Crippen LogP contribution in [0.2, 0.25) is 0 Å². The largest absolute Gasteiger partial charge is 0.411 e. The number of fused-ring (bicyclic) bond motifs is 4. The van der Waals surface area contributed by atoms with Gasteiger partial charge in [-0.2, -0.15) is 0 Å². The fourth-order valence-electron chi connectivity index (χ4n) is 9.04. The molecule has 5 nitrogen and oxygen atoms in total. The number of anilines is 1. The van der Waals surface area contributed by atoms with Crippen molar-refractivity contribution < 1.29 is 19.1 Å². The first-order chi connectivity index (χ1) is 19.4. The van der Waals surface area contributed by atoms with Gasteiger partial charge in [0.05, 0.1) is 24.3 Å². The van der Waals surface area contributed by atoms with Crippen LogP contribution in [0, 0.1) is 34.5 Å². The highest BCUT2D eigenvalue weighted by Crippen LogP contribution is 2.70. The lowest BCUT2D eigenvalue weighted by atomic mass is 9.48. The lowest BCUT2D eigenvalue weighted by Crippen LogP contribution is -2.51. The molecule has 0 amide bonds.